The Morgan fingerprint density at radius 3 is 1.35 bits per heavy atom. The van der Waals surface area contributed by atoms with E-state index in [0.29, 0.717) is 16.7 Å². The largest absolute Gasteiger partial charge is 0.466 e. The van der Waals surface area contributed by atoms with Gasteiger partial charge in [0, 0.05) is 33.8 Å². The average molecular weight is 635 g/mol. The van der Waals surface area contributed by atoms with Gasteiger partial charge in [-0.1, -0.05) is 97.1 Å². The van der Waals surface area contributed by atoms with Crippen molar-refractivity contribution in [3.05, 3.63) is 120 Å². The molecule has 0 radical (unpaired) electrons. The highest BCUT2D eigenvalue weighted by molar-refractivity contribution is 5.82. The summed E-state index contributed by atoms with van der Waals surface area (Å²) in [6.45, 7) is -0.532. The fraction of sp³-hybridized carbons (Fsp3) is 0.314. The molecule has 3 rings (SSSR count). The van der Waals surface area contributed by atoms with Gasteiger partial charge in [-0.05, 0) is 16.7 Å². The monoisotopic (exact) mass is 634 g/mol. The van der Waals surface area contributed by atoms with Crippen molar-refractivity contribution < 1.29 is 52.3 Å². The van der Waals surface area contributed by atoms with Crippen LogP contribution in [0.25, 0.3) is 0 Å². The van der Waals surface area contributed by atoms with E-state index in [0.717, 1.165) is 6.08 Å². The highest BCUT2D eigenvalue weighted by atomic mass is 16.6. The molecule has 0 aromatic heterocycles. The molecular weight excluding hydrogens is 596 g/mol. The summed E-state index contributed by atoms with van der Waals surface area (Å²) in [4.78, 5) is 52.0. The van der Waals surface area contributed by atoms with E-state index in [-0.39, 0.29) is 6.42 Å². The molecule has 0 spiro atoms. The molecule has 0 saturated heterocycles. The topological polar surface area (TPSA) is 133 Å². The van der Waals surface area contributed by atoms with Crippen molar-refractivity contribution >= 4 is 23.9 Å². The zero-order valence-corrected chi connectivity index (χ0v) is 26.1. The van der Waals surface area contributed by atoms with Crippen molar-refractivity contribution in [2.24, 2.45) is 0 Å². The lowest BCUT2D eigenvalue weighted by Gasteiger charge is -2.29. The standard InChI is InChI=1S/C35H38O11/c1-40-29(36)22-14-21-27(45-34(38)31(42-3)25-17-10-6-11-18-25)28(46-35(39)32(43-4)26-19-12-7-13-20-26)23-44-33(37)30(41-2)24-15-8-5-9-16-24/h5-20,22,27-28,30-32H,21,23H2,1-4H3/b22-14-/t27-,28+,30-,31-,32-/m0/s1. The van der Waals surface area contributed by atoms with E-state index in [4.69, 9.17) is 28.4 Å². The highest BCUT2D eigenvalue weighted by Gasteiger charge is 2.36. The lowest BCUT2D eigenvalue weighted by Crippen LogP contribution is -2.41. The second-order valence-electron chi connectivity index (χ2n) is 9.82. The summed E-state index contributed by atoms with van der Waals surface area (Å²) in [5, 5.41) is 0. The van der Waals surface area contributed by atoms with Gasteiger partial charge in [-0.2, -0.15) is 0 Å². The summed E-state index contributed by atoms with van der Waals surface area (Å²) in [6, 6.07) is 26.0. The molecule has 11 nitrogen and oxygen atoms in total. The predicted octanol–water partition coefficient (Wildman–Crippen LogP) is 4.64. The molecule has 244 valence electrons. The molecule has 0 N–H and O–H groups in total. The van der Waals surface area contributed by atoms with E-state index < -0.39 is 61.0 Å². The smallest absolute Gasteiger partial charge is 0.340 e. The van der Waals surface area contributed by atoms with Gasteiger partial charge in [-0.25, -0.2) is 19.2 Å². The van der Waals surface area contributed by atoms with Crippen molar-refractivity contribution in [2.75, 3.05) is 35.0 Å². The first kappa shape index (κ1) is 35.6. The molecule has 0 amide bonds. The predicted molar refractivity (Wildman–Crippen MR) is 165 cm³/mol. The van der Waals surface area contributed by atoms with Gasteiger partial charge in [-0.15, -0.1) is 0 Å². The van der Waals surface area contributed by atoms with Crippen molar-refractivity contribution in [3.8, 4) is 0 Å². The van der Waals surface area contributed by atoms with E-state index in [1.807, 2.05) is 0 Å². The summed E-state index contributed by atoms with van der Waals surface area (Å²) in [5.41, 5.74) is 1.58. The first-order valence-corrected chi connectivity index (χ1v) is 14.4. The Hall–Kier alpha value is -4.84. The Bertz CT molecular complexity index is 1410. The third kappa shape index (κ3) is 10.4. The number of benzene rings is 3. The van der Waals surface area contributed by atoms with Gasteiger partial charge in [-0.3, -0.25) is 0 Å². The summed E-state index contributed by atoms with van der Waals surface area (Å²) < 4.78 is 38.2. The lowest BCUT2D eigenvalue weighted by atomic mass is 10.1. The molecule has 0 aliphatic heterocycles. The van der Waals surface area contributed by atoms with Gasteiger partial charge in [0.05, 0.1) is 7.11 Å². The number of esters is 4. The molecule has 3 aromatic carbocycles. The molecule has 3 aromatic rings. The van der Waals surface area contributed by atoms with Crippen LogP contribution < -0.4 is 0 Å². The Balaban J connectivity index is 1.95. The molecule has 0 heterocycles. The zero-order valence-electron chi connectivity index (χ0n) is 26.1. The Labute approximate surface area is 268 Å². The van der Waals surface area contributed by atoms with E-state index in [1.165, 1.54) is 34.5 Å². The van der Waals surface area contributed by atoms with Gasteiger partial charge in [0.2, 0.25) is 0 Å². The molecule has 0 unspecified atom stereocenters. The van der Waals surface area contributed by atoms with Crippen molar-refractivity contribution in [1.82, 2.24) is 0 Å². The van der Waals surface area contributed by atoms with Crippen LogP contribution in [-0.2, 0) is 52.3 Å². The quantitative estimate of drug-likeness (QED) is 0.117. The molecular formula is C35H38O11. The van der Waals surface area contributed by atoms with Gasteiger partial charge in [0.15, 0.2) is 24.4 Å². The minimum absolute atomic E-state index is 0.128. The van der Waals surface area contributed by atoms with Crippen molar-refractivity contribution in [3.63, 3.8) is 0 Å². The maximum absolute atomic E-state index is 13.5. The molecule has 11 heteroatoms. The van der Waals surface area contributed by atoms with Crippen LogP contribution in [0.3, 0.4) is 0 Å². The Morgan fingerprint density at radius 2 is 0.957 bits per heavy atom. The average Bonchev–Trinajstić information content (AvgIpc) is 3.08. The first-order valence-electron chi connectivity index (χ1n) is 14.4. The minimum atomic E-state index is -1.36. The number of hydrogen-bond donors (Lipinski definition) is 0. The normalized spacial score (nSPS) is 14.3. The van der Waals surface area contributed by atoms with Crippen molar-refractivity contribution in [2.45, 2.75) is 36.9 Å². The molecule has 0 fully saturated rings. The van der Waals surface area contributed by atoms with Crippen LogP contribution in [0.2, 0.25) is 0 Å². The molecule has 0 aliphatic rings. The lowest BCUT2D eigenvalue weighted by molar-refractivity contribution is -0.188. The molecule has 0 saturated carbocycles. The van der Waals surface area contributed by atoms with Gasteiger partial charge in [0.1, 0.15) is 12.7 Å². The third-order valence-corrected chi connectivity index (χ3v) is 6.82. The fourth-order valence-electron chi connectivity index (χ4n) is 4.51. The van der Waals surface area contributed by atoms with Crippen LogP contribution in [0.1, 0.15) is 41.4 Å². The van der Waals surface area contributed by atoms with Crippen LogP contribution in [0, 0.1) is 0 Å². The maximum atomic E-state index is 13.5. The van der Waals surface area contributed by atoms with Crippen LogP contribution >= 0.6 is 0 Å². The first-order chi connectivity index (χ1) is 22.3. The molecule has 46 heavy (non-hydrogen) atoms. The number of methoxy groups -OCH3 is 4. The van der Waals surface area contributed by atoms with E-state index in [2.05, 4.69) is 4.74 Å². The van der Waals surface area contributed by atoms with E-state index in [1.54, 1.807) is 91.0 Å². The summed E-state index contributed by atoms with van der Waals surface area (Å²) in [6.07, 6.45) is -3.56. The Morgan fingerprint density at radius 1 is 0.565 bits per heavy atom. The fourth-order valence-corrected chi connectivity index (χ4v) is 4.51. The van der Waals surface area contributed by atoms with Crippen LogP contribution in [0.4, 0.5) is 0 Å². The minimum Gasteiger partial charge on any atom is -0.466 e. The number of ether oxygens (including phenoxy) is 7. The van der Waals surface area contributed by atoms with Crippen LogP contribution in [-0.4, -0.2) is 71.1 Å². The Kier molecular flexibility index (Phi) is 14.6. The highest BCUT2D eigenvalue weighted by Crippen LogP contribution is 2.25. The van der Waals surface area contributed by atoms with Gasteiger partial charge >= 0.3 is 23.9 Å². The second-order valence-corrected chi connectivity index (χ2v) is 9.82. The summed E-state index contributed by atoms with van der Waals surface area (Å²) in [7, 11) is 5.26. The second kappa shape index (κ2) is 18.8. The zero-order chi connectivity index (χ0) is 33.3. The SMILES string of the molecule is COC(=O)/C=C\C[C@H](OC(=O)[C@@H](OC)c1ccccc1)[C@@H](COC(=O)[C@@H](OC)c1ccccc1)OC(=O)[C@@H](OC)c1ccccc1. The third-order valence-electron chi connectivity index (χ3n) is 6.82. The number of carbonyl (C=O) groups is 4. The van der Waals surface area contributed by atoms with E-state index in [9.17, 15) is 19.2 Å². The molecule has 5 atom stereocenters. The van der Waals surface area contributed by atoms with Gasteiger partial charge < -0.3 is 33.2 Å². The van der Waals surface area contributed by atoms with Crippen LogP contribution in [0.5, 0.6) is 0 Å². The van der Waals surface area contributed by atoms with Crippen LogP contribution in [0.15, 0.2) is 103 Å². The summed E-state index contributed by atoms with van der Waals surface area (Å²) >= 11 is 0. The number of carbonyl (C=O) groups excluding carboxylic acids is 4. The van der Waals surface area contributed by atoms with Crippen molar-refractivity contribution in [1.29, 1.82) is 0 Å². The maximum Gasteiger partial charge on any atom is 0.340 e. The summed E-state index contributed by atoms with van der Waals surface area (Å²) in [5.74, 6) is -3.05. The van der Waals surface area contributed by atoms with Gasteiger partial charge in [0.25, 0.3) is 0 Å². The molecule has 0 aliphatic carbocycles. The number of rotatable bonds is 17. The van der Waals surface area contributed by atoms with E-state index >= 15 is 0 Å². The number of hydrogen-bond acceptors (Lipinski definition) is 11. The molecule has 0 bridgehead atoms.